The molecule has 4 nitrogen and oxygen atoms in total. The van der Waals surface area contributed by atoms with E-state index < -0.39 is 0 Å². The van der Waals surface area contributed by atoms with Crippen LogP contribution >= 0.6 is 34.5 Å². The predicted molar refractivity (Wildman–Crippen MR) is 136 cm³/mol. The van der Waals surface area contributed by atoms with Gasteiger partial charge in [0.1, 0.15) is 17.1 Å². The van der Waals surface area contributed by atoms with Gasteiger partial charge < -0.3 is 9.30 Å². The lowest BCUT2D eigenvalue weighted by molar-refractivity contribution is 0.306. The minimum absolute atomic E-state index is 0.212. The van der Waals surface area contributed by atoms with Crippen LogP contribution < -0.4 is 10.3 Å². The summed E-state index contributed by atoms with van der Waals surface area (Å²) in [5.41, 5.74) is 3.81. The van der Waals surface area contributed by atoms with E-state index in [1.165, 1.54) is 11.3 Å². The van der Waals surface area contributed by atoms with Gasteiger partial charge in [0, 0.05) is 21.5 Å². The van der Waals surface area contributed by atoms with Gasteiger partial charge in [0.2, 0.25) is 0 Å². The molecule has 0 spiro atoms. The second-order valence-electron chi connectivity index (χ2n) is 7.57. The van der Waals surface area contributed by atoms with Gasteiger partial charge in [0.15, 0.2) is 0 Å². The Kier molecular flexibility index (Phi) is 6.18. The fraction of sp³-hybridized carbons (Fsp3) is 0.0769. The quantitative estimate of drug-likeness (QED) is 0.254. The zero-order valence-electron chi connectivity index (χ0n) is 17.4. The predicted octanol–water partition coefficient (Wildman–Crippen LogP) is 7.06. The molecule has 164 valence electrons. The first-order valence-electron chi connectivity index (χ1n) is 10.3. The minimum Gasteiger partial charge on any atom is -0.489 e. The summed E-state index contributed by atoms with van der Waals surface area (Å²) in [6.45, 7) is 1.07. The van der Waals surface area contributed by atoms with E-state index in [0.29, 0.717) is 27.9 Å². The number of thiophene rings is 1. The first-order chi connectivity index (χ1) is 16.0. The van der Waals surface area contributed by atoms with Crippen LogP contribution in [0.25, 0.3) is 20.7 Å². The molecule has 2 aromatic heterocycles. The number of nitrogens with zero attached hydrogens (tertiary/aromatic N) is 2. The Bertz CT molecular complexity index is 1460. The van der Waals surface area contributed by atoms with Gasteiger partial charge in [-0.1, -0.05) is 47.5 Å². The molecule has 0 amide bonds. The van der Waals surface area contributed by atoms with Gasteiger partial charge in [0.05, 0.1) is 11.8 Å². The van der Waals surface area contributed by atoms with E-state index in [1.54, 1.807) is 6.33 Å². The van der Waals surface area contributed by atoms with E-state index in [9.17, 15) is 4.79 Å². The molecular formula is C26H18Cl2N2O2S. The van der Waals surface area contributed by atoms with Crippen LogP contribution in [-0.4, -0.2) is 9.55 Å². The highest BCUT2D eigenvalue weighted by atomic mass is 35.5. The number of benzene rings is 3. The van der Waals surface area contributed by atoms with Crippen LogP contribution in [0.15, 0.2) is 90.0 Å². The van der Waals surface area contributed by atoms with Crippen LogP contribution in [-0.2, 0) is 13.2 Å². The van der Waals surface area contributed by atoms with Crippen molar-refractivity contribution >= 4 is 44.8 Å². The van der Waals surface area contributed by atoms with Gasteiger partial charge in [-0.2, -0.15) is 4.98 Å². The smallest absolute Gasteiger partial charge is 0.290 e. The van der Waals surface area contributed by atoms with E-state index in [4.69, 9.17) is 27.9 Å². The molecular weight excluding hydrogens is 475 g/mol. The van der Waals surface area contributed by atoms with E-state index in [2.05, 4.69) is 4.98 Å². The molecule has 5 aromatic rings. The molecule has 2 heterocycles. The van der Waals surface area contributed by atoms with Crippen molar-refractivity contribution in [1.82, 2.24) is 9.55 Å². The van der Waals surface area contributed by atoms with Gasteiger partial charge in [-0.15, -0.1) is 11.3 Å². The number of aromatic nitrogens is 2. The largest absolute Gasteiger partial charge is 0.489 e. The molecule has 7 heteroatoms. The average Bonchev–Trinajstić information content (AvgIpc) is 3.29. The Balaban J connectivity index is 1.38. The van der Waals surface area contributed by atoms with Crippen molar-refractivity contribution in [2.75, 3.05) is 0 Å². The maximum absolute atomic E-state index is 12.4. The molecule has 3 aromatic carbocycles. The molecule has 33 heavy (non-hydrogen) atoms. The second-order valence-corrected chi connectivity index (χ2v) is 9.49. The fourth-order valence-corrected chi connectivity index (χ4v) is 4.83. The van der Waals surface area contributed by atoms with Crippen LogP contribution in [0.4, 0.5) is 0 Å². The van der Waals surface area contributed by atoms with Crippen molar-refractivity contribution in [1.29, 1.82) is 0 Å². The first kappa shape index (κ1) is 21.7. The highest BCUT2D eigenvalue weighted by Crippen LogP contribution is 2.33. The van der Waals surface area contributed by atoms with Crippen molar-refractivity contribution in [3.05, 3.63) is 117 Å². The maximum atomic E-state index is 12.4. The molecule has 0 aliphatic carbocycles. The van der Waals surface area contributed by atoms with Gasteiger partial charge in [-0.25, -0.2) is 0 Å². The number of halogens is 2. The molecule has 0 atom stereocenters. The summed E-state index contributed by atoms with van der Waals surface area (Å²) in [7, 11) is 0. The molecule has 0 saturated carbocycles. The van der Waals surface area contributed by atoms with Crippen molar-refractivity contribution in [2.24, 2.45) is 0 Å². The minimum atomic E-state index is -0.212. The van der Waals surface area contributed by atoms with Crippen LogP contribution in [0.5, 0.6) is 5.75 Å². The van der Waals surface area contributed by atoms with Gasteiger partial charge in [0.25, 0.3) is 5.56 Å². The van der Waals surface area contributed by atoms with E-state index in [-0.39, 0.29) is 5.56 Å². The lowest BCUT2D eigenvalue weighted by atomic mass is 10.2. The van der Waals surface area contributed by atoms with Crippen LogP contribution in [0, 0.1) is 0 Å². The van der Waals surface area contributed by atoms with Crippen LogP contribution in [0.2, 0.25) is 10.0 Å². The summed E-state index contributed by atoms with van der Waals surface area (Å²) < 4.78 is 8.51. The highest BCUT2D eigenvalue weighted by Gasteiger charge is 2.12. The summed E-state index contributed by atoms with van der Waals surface area (Å²) in [5.74, 6) is 0.777. The van der Waals surface area contributed by atoms with Crippen molar-refractivity contribution < 1.29 is 4.74 Å². The number of hydrogen-bond acceptors (Lipinski definition) is 4. The molecule has 0 unspecified atom stereocenters. The molecule has 0 fully saturated rings. The monoisotopic (exact) mass is 492 g/mol. The lowest BCUT2D eigenvalue weighted by Gasteiger charge is -2.08. The zero-order valence-corrected chi connectivity index (χ0v) is 19.7. The summed E-state index contributed by atoms with van der Waals surface area (Å²) in [6, 6.07) is 25.2. The van der Waals surface area contributed by atoms with E-state index >= 15 is 0 Å². The number of hydrogen-bond donors (Lipinski definition) is 0. The summed E-state index contributed by atoms with van der Waals surface area (Å²) >= 11 is 13.4. The third kappa shape index (κ3) is 4.96. The highest BCUT2D eigenvalue weighted by molar-refractivity contribution is 7.22. The standard InChI is InChI=1S/C26H18Cl2N2O2S/c27-20-7-1-17(2-8-20)14-30-16-29-26(31)25-23(30)13-24(33-25)19-5-11-22(12-6-19)32-15-18-3-9-21(28)10-4-18/h1-13,16H,14-15H2. The second kappa shape index (κ2) is 9.40. The van der Waals surface area contributed by atoms with Crippen molar-refractivity contribution in [3.8, 4) is 16.2 Å². The summed E-state index contributed by atoms with van der Waals surface area (Å²) in [5, 5.41) is 1.40. The third-order valence-corrected chi connectivity index (χ3v) is 6.92. The Labute approximate surface area is 204 Å². The normalized spacial score (nSPS) is 11.1. The van der Waals surface area contributed by atoms with E-state index in [0.717, 1.165) is 32.8 Å². The first-order valence-corrected chi connectivity index (χ1v) is 11.8. The third-order valence-electron chi connectivity index (χ3n) is 5.25. The average molecular weight is 493 g/mol. The van der Waals surface area contributed by atoms with Crippen molar-refractivity contribution in [2.45, 2.75) is 13.2 Å². The Morgan fingerprint density at radius 1 is 0.848 bits per heavy atom. The maximum Gasteiger partial charge on any atom is 0.290 e. The SMILES string of the molecule is O=c1ncn(Cc2ccc(Cl)cc2)c2cc(-c3ccc(OCc4ccc(Cl)cc4)cc3)sc12. The Hall–Kier alpha value is -3.12. The molecule has 0 aliphatic heterocycles. The molecule has 0 bridgehead atoms. The van der Waals surface area contributed by atoms with Crippen LogP contribution in [0.3, 0.4) is 0 Å². The fourth-order valence-electron chi connectivity index (χ4n) is 3.51. The molecule has 0 aliphatic rings. The molecule has 0 saturated heterocycles. The summed E-state index contributed by atoms with van der Waals surface area (Å²) in [4.78, 5) is 17.5. The van der Waals surface area contributed by atoms with Crippen molar-refractivity contribution in [3.63, 3.8) is 0 Å². The Morgan fingerprint density at radius 2 is 1.48 bits per heavy atom. The zero-order chi connectivity index (χ0) is 22.8. The number of ether oxygens (including phenoxy) is 1. The van der Waals surface area contributed by atoms with Gasteiger partial charge in [-0.05, 0) is 71.3 Å². The molecule has 5 rings (SSSR count). The van der Waals surface area contributed by atoms with Crippen LogP contribution in [0.1, 0.15) is 11.1 Å². The van der Waals surface area contributed by atoms with Gasteiger partial charge >= 0.3 is 0 Å². The summed E-state index contributed by atoms with van der Waals surface area (Å²) in [6.07, 6.45) is 1.60. The Morgan fingerprint density at radius 3 is 2.15 bits per heavy atom. The molecule has 0 N–H and O–H groups in total. The number of rotatable bonds is 6. The topological polar surface area (TPSA) is 44.1 Å². The molecule has 0 radical (unpaired) electrons. The van der Waals surface area contributed by atoms with E-state index in [1.807, 2.05) is 83.4 Å². The lowest BCUT2D eigenvalue weighted by Crippen LogP contribution is -2.11. The number of fused-ring (bicyclic) bond motifs is 1. The van der Waals surface area contributed by atoms with Gasteiger partial charge in [-0.3, -0.25) is 4.79 Å².